The van der Waals surface area contributed by atoms with Gasteiger partial charge in [0.1, 0.15) is 10.6 Å². The molecular weight excluding hydrogens is 318 g/mol. The lowest BCUT2D eigenvalue weighted by Gasteiger charge is -2.13. The Morgan fingerprint density at radius 2 is 2.12 bits per heavy atom. The van der Waals surface area contributed by atoms with Gasteiger partial charge in [0.05, 0.1) is 11.5 Å². The van der Waals surface area contributed by atoms with Gasteiger partial charge in [0, 0.05) is 23.6 Å². The molecule has 0 bridgehead atoms. The van der Waals surface area contributed by atoms with Gasteiger partial charge in [-0.2, -0.15) is 0 Å². The summed E-state index contributed by atoms with van der Waals surface area (Å²) in [6.45, 7) is 3.85. The number of rotatable bonds is 5. The Hall–Kier alpha value is -1.98. The molecule has 3 aromatic rings. The fourth-order valence-electron chi connectivity index (χ4n) is 3.01. The van der Waals surface area contributed by atoms with Crippen molar-refractivity contribution in [3.8, 4) is 11.4 Å². The van der Waals surface area contributed by atoms with E-state index in [1.165, 1.54) is 4.88 Å². The third-order valence-electron chi connectivity index (χ3n) is 4.35. The number of anilines is 1. The summed E-state index contributed by atoms with van der Waals surface area (Å²) < 4.78 is 5.72. The van der Waals surface area contributed by atoms with Gasteiger partial charge in [-0.3, -0.25) is 0 Å². The Kier molecular flexibility index (Phi) is 4.45. The number of ether oxygens (including phenoxy) is 1. The fourth-order valence-corrected chi connectivity index (χ4v) is 3.98. The predicted molar refractivity (Wildman–Crippen MR) is 99.7 cm³/mol. The van der Waals surface area contributed by atoms with Crippen molar-refractivity contribution in [3.05, 3.63) is 41.3 Å². The van der Waals surface area contributed by atoms with E-state index < -0.39 is 0 Å². The largest absolute Gasteiger partial charge is 0.376 e. The van der Waals surface area contributed by atoms with E-state index in [9.17, 15) is 0 Å². The molecule has 1 N–H and O–H groups in total. The van der Waals surface area contributed by atoms with E-state index in [0.717, 1.165) is 59.8 Å². The van der Waals surface area contributed by atoms with Gasteiger partial charge in [-0.15, -0.1) is 11.3 Å². The zero-order chi connectivity index (χ0) is 16.4. The van der Waals surface area contributed by atoms with Crippen molar-refractivity contribution >= 4 is 27.4 Å². The molecule has 0 aliphatic carbocycles. The van der Waals surface area contributed by atoms with E-state index in [2.05, 4.69) is 30.4 Å². The molecule has 124 valence electrons. The molecule has 0 radical (unpaired) electrons. The lowest BCUT2D eigenvalue weighted by Crippen LogP contribution is -2.19. The normalized spacial score (nSPS) is 17.5. The van der Waals surface area contributed by atoms with Crippen LogP contribution in [-0.2, 0) is 11.2 Å². The lowest BCUT2D eigenvalue weighted by molar-refractivity contribution is 0.120. The van der Waals surface area contributed by atoms with Gasteiger partial charge < -0.3 is 10.1 Å². The first-order valence-electron chi connectivity index (χ1n) is 8.55. The molecule has 4 nitrogen and oxygen atoms in total. The van der Waals surface area contributed by atoms with Crippen LogP contribution in [-0.4, -0.2) is 29.2 Å². The maximum absolute atomic E-state index is 5.72. The Morgan fingerprint density at radius 3 is 2.88 bits per heavy atom. The van der Waals surface area contributed by atoms with Gasteiger partial charge >= 0.3 is 0 Å². The molecule has 1 unspecified atom stereocenters. The van der Waals surface area contributed by atoms with Crippen LogP contribution in [0.5, 0.6) is 0 Å². The SMILES string of the molecule is CCc1cc2c(NCC3CCCO3)nc(-c3ccccc3)nc2s1. The second kappa shape index (κ2) is 6.87. The lowest BCUT2D eigenvalue weighted by atomic mass is 10.2. The molecule has 5 heteroatoms. The van der Waals surface area contributed by atoms with Crippen molar-refractivity contribution in [2.75, 3.05) is 18.5 Å². The molecule has 1 fully saturated rings. The highest BCUT2D eigenvalue weighted by Gasteiger charge is 2.17. The molecule has 0 spiro atoms. The molecule has 1 aliphatic heterocycles. The van der Waals surface area contributed by atoms with Gasteiger partial charge in [0.2, 0.25) is 0 Å². The number of aryl methyl sites for hydroxylation is 1. The molecule has 24 heavy (non-hydrogen) atoms. The van der Waals surface area contributed by atoms with E-state index in [4.69, 9.17) is 14.7 Å². The molecule has 3 heterocycles. The van der Waals surface area contributed by atoms with Crippen LogP contribution in [0.15, 0.2) is 36.4 Å². The van der Waals surface area contributed by atoms with Crippen molar-refractivity contribution < 1.29 is 4.74 Å². The fraction of sp³-hybridized carbons (Fsp3) is 0.368. The van der Waals surface area contributed by atoms with Gasteiger partial charge in [0.25, 0.3) is 0 Å². The summed E-state index contributed by atoms with van der Waals surface area (Å²) in [7, 11) is 0. The van der Waals surface area contributed by atoms with Crippen LogP contribution in [0.2, 0.25) is 0 Å². The Morgan fingerprint density at radius 1 is 1.25 bits per heavy atom. The van der Waals surface area contributed by atoms with Crippen molar-refractivity contribution in [2.24, 2.45) is 0 Å². The van der Waals surface area contributed by atoms with Crippen LogP contribution in [0, 0.1) is 0 Å². The summed E-state index contributed by atoms with van der Waals surface area (Å²) in [6.07, 6.45) is 3.59. The summed E-state index contributed by atoms with van der Waals surface area (Å²) in [5.74, 6) is 1.70. The van der Waals surface area contributed by atoms with E-state index >= 15 is 0 Å². The molecule has 1 aliphatic rings. The van der Waals surface area contributed by atoms with Crippen molar-refractivity contribution in [1.82, 2.24) is 9.97 Å². The van der Waals surface area contributed by atoms with E-state index in [1.807, 2.05) is 18.2 Å². The van der Waals surface area contributed by atoms with Crippen molar-refractivity contribution in [3.63, 3.8) is 0 Å². The Bertz CT molecular complexity index is 825. The number of fused-ring (bicyclic) bond motifs is 1. The maximum Gasteiger partial charge on any atom is 0.163 e. The maximum atomic E-state index is 5.72. The number of nitrogens with zero attached hydrogens (tertiary/aromatic N) is 2. The molecule has 0 saturated carbocycles. The van der Waals surface area contributed by atoms with Crippen LogP contribution in [0.25, 0.3) is 21.6 Å². The quantitative estimate of drug-likeness (QED) is 0.743. The summed E-state index contributed by atoms with van der Waals surface area (Å²) in [6, 6.07) is 12.4. The third kappa shape index (κ3) is 3.14. The van der Waals surface area contributed by atoms with Gasteiger partial charge in [0.15, 0.2) is 5.82 Å². The first-order chi connectivity index (χ1) is 11.8. The number of nitrogens with one attached hydrogen (secondary N) is 1. The van der Waals surface area contributed by atoms with Crippen LogP contribution < -0.4 is 5.32 Å². The summed E-state index contributed by atoms with van der Waals surface area (Å²) in [5.41, 5.74) is 1.05. The highest BCUT2D eigenvalue weighted by Crippen LogP contribution is 2.31. The van der Waals surface area contributed by atoms with Crippen LogP contribution in [0.1, 0.15) is 24.6 Å². The topological polar surface area (TPSA) is 47.0 Å². The van der Waals surface area contributed by atoms with Gasteiger partial charge in [-0.25, -0.2) is 9.97 Å². The number of benzene rings is 1. The first-order valence-corrected chi connectivity index (χ1v) is 9.36. The molecular formula is C19H21N3OS. The average Bonchev–Trinajstić information content (AvgIpc) is 3.29. The van der Waals surface area contributed by atoms with Crippen molar-refractivity contribution in [1.29, 1.82) is 0 Å². The smallest absolute Gasteiger partial charge is 0.163 e. The molecule has 1 atom stereocenters. The molecule has 0 amide bonds. The Balaban J connectivity index is 1.72. The average molecular weight is 339 g/mol. The first kappa shape index (κ1) is 15.5. The zero-order valence-corrected chi connectivity index (χ0v) is 14.6. The Labute approximate surface area is 145 Å². The van der Waals surface area contributed by atoms with Gasteiger partial charge in [-0.1, -0.05) is 37.3 Å². The second-order valence-corrected chi connectivity index (χ2v) is 7.18. The van der Waals surface area contributed by atoms with Crippen LogP contribution in [0.4, 0.5) is 5.82 Å². The molecule has 4 rings (SSSR count). The van der Waals surface area contributed by atoms with Crippen LogP contribution >= 0.6 is 11.3 Å². The highest BCUT2D eigenvalue weighted by atomic mass is 32.1. The number of aromatic nitrogens is 2. The highest BCUT2D eigenvalue weighted by molar-refractivity contribution is 7.18. The second-order valence-electron chi connectivity index (χ2n) is 6.06. The minimum atomic E-state index is 0.291. The monoisotopic (exact) mass is 339 g/mol. The van der Waals surface area contributed by atoms with E-state index in [0.29, 0.717) is 6.10 Å². The predicted octanol–water partition coefficient (Wildman–Crippen LogP) is 4.51. The summed E-state index contributed by atoms with van der Waals surface area (Å²) in [5, 5.41) is 4.63. The van der Waals surface area contributed by atoms with Crippen LogP contribution in [0.3, 0.4) is 0 Å². The minimum absolute atomic E-state index is 0.291. The molecule has 2 aromatic heterocycles. The third-order valence-corrected chi connectivity index (χ3v) is 5.52. The van der Waals surface area contributed by atoms with Gasteiger partial charge in [-0.05, 0) is 25.3 Å². The number of hydrogen-bond acceptors (Lipinski definition) is 5. The minimum Gasteiger partial charge on any atom is -0.376 e. The summed E-state index contributed by atoms with van der Waals surface area (Å²) >= 11 is 1.76. The zero-order valence-electron chi connectivity index (χ0n) is 13.8. The van der Waals surface area contributed by atoms with E-state index in [-0.39, 0.29) is 0 Å². The standard InChI is InChI=1S/C19H21N3OS/c1-2-15-11-16-18(20-12-14-9-6-10-23-14)21-17(22-19(16)24-15)13-7-4-3-5-8-13/h3-5,7-8,11,14H,2,6,9-10,12H2,1H3,(H,20,21,22). The van der Waals surface area contributed by atoms with E-state index in [1.54, 1.807) is 11.3 Å². The molecule has 1 aromatic carbocycles. The van der Waals surface area contributed by atoms with Crippen molar-refractivity contribution in [2.45, 2.75) is 32.3 Å². The summed E-state index contributed by atoms with van der Waals surface area (Å²) in [4.78, 5) is 12.0. The molecule has 1 saturated heterocycles. The number of hydrogen-bond donors (Lipinski definition) is 1. The number of thiophene rings is 1.